The first kappa shape index (κ1) is 10.4. The summed E-state index contributed by atoms with van der Waals surface area (Å²) in [6.07, 6.45) is 5.13. The number of nitrogens with zero attached hydrogens (tertiary/aromatic N) is 1. The first-order valence-corrected chi connectivity index (χ1v) is 5.96. The third-order valence-electron chi connectivity index (χ3n) is 3.64. The van der Waals surface area contributed by atoms with Gasteiger partial charge in [0, 0.05) is 19.2 Å². The number of hydrogen-bond acceptors (Lipinski definition) is 3. The summed E-state index contributed by atoms with van der Waals surface area (Å²) < 4.78 is 0. The minimum absolute atomic E-state index is 0.376. The highest BCUT2D eigenvalue weighted by Gasteiger charge is 2.27. The third kappa shape index (κ3) is 2.47. The van der Waals surface area contributed by atoms with Gasteiger partial charge in [-0.25, -0.2) is 0 Å². The number of likely N-dealkylation sites (tertiary alicyclic amines) is 1. The highest BCUT2D eigenvalue weighted by atomic mass is 16.3. The smallest absolute Gasteiger partial charge is 0.0471 e. The maximum absolute atomic E-state index is 9.10. The molecular weight excluding hydrogens is 176 g/mol. The van der Waals surface area contributed by atoms with Crippen LogP contribution in [0.15, 0.2) is 0 Å². The lowest BCUT2D eigenvalue weighted by Crippen LogP contribution is -2.34. The second-order valence-electron chi connectivity index (χ2n) is 4.67. The van der Waals surface area contributed by atoms with Gasteiger partial charge >= 0.3 is 0 Å². The van der Waals surface area contributed by atoms with E-state index in [0.29, 0.717) is 12.5 Å². The Kier molecular flexibility index (Phi) is 3.79. The van der Waals surface area contributed by atoms with Gasteiger partial charge in [0.05, 0.1) is 0 Å². The lowest BCUT2D eigenvalue weighted by molar-refractivity contribution is 0.189. The van der Waals surface area contributed by atoms with Crippen molar-refractivity contribution in [2.45, 2.75) is 31.7 Å². The molecule has 0 radical (unpaired) electrons. The Morgan fingerprint density at radius 3 is 2.93 bits per heavy atom. The van der Waals surface area contributed by atoms with Crippen LogP contribution in [-0.2, 0) is 0 Å². The van der Waals surface area contributed by atoms with Crippen molar-refractivity contribution in [3.63, 3.8) is 0 Å². The zero-order valence-electron chi connectivity index (χ0n) is 8.91. The minimum atomic E-state index is 0.376. The molecule has 2 N–H and O–H groups in total. The van der Waals surface area contributed by atoms with Crippen LogP contribution >= 0.6 is 0 Å². The Morgan fingerprint density at radius 2 is 2.14 bits per heavy atom. The molecule has 3 nitrogen and oxygen atoms in total. The van der Waals surface area contributed by atoms with E-state index in [1.807, 2.05) is 0 Å². The van der Waals surface area contributed by atoms with Crippen LogP contribution in [0.25, 0.3) is 0 Å². The van der Waals surface area contributed by atoms with Gasteiger partial charge in [-0.2, -0.15) is 0 Å². The largest absolute Gasteiger partial charge is 0.396 e. The molecule has 2 atom stereocenters. The maximum Gasteiger partial charge on any atom is 0.0471 e. The molecule has 2 aliphatic rings. The molecule has 82 valence electrons. The molecule has 2 rings (SSSR count). The van der Waals surface area contributed by atoms with Crippen LogP contribution in [-0.4, -0.2) is 48.8 Å². The minimum Gasteiger partial charge on any atom is -0.396 e. The van der Waals surface area contributed by atoms with Crippen LogP contribution in [0.3, 0.4) is 0 Å². The molecule has 0 saturated carbocycles. The standard InChI is InChI=1S/C11H22N2O/c14-9-10-4-7-13(8-10)11-2-1-5-12-6-3-11/h10-12,14H,1-9H2. The van der Waals surface area contributed by atoms with Crippen LogP contribution in [0.2, 0.25) is 0 Å². The van der Waals surface area contributed by atoms with Gasteiger partial charge in [0.2, 0.25) is 0 Å². The molecule has 2 unspecified atom stereocenters. The first-order valence-electron chi connectivity index (χ1n) is 5.96. The normalized spacial score (nSPS) is 35.8. The number of aliphatic hydroxyl groups is 1. The van der Waals surface area contributed by atoms with Crippen LogP contribution in [0, 0.1) is 5.92 Å². The molecule has 0 bridgehead atoms. The summed E-state index contributed by atoms with van der Waals surface area (Å²) in [7, 11) is 0. The van der Waals surface area contributed by atoms with E-state index in [0.717, 1.165) is 12.6 Å². The molecule has 0 aliphatic carbocycles. The van der Waals surface area contributed by atoms with E-state index in [2.05, 4.69) is 10.2 Å². The molecule has 2 fully saturated rings. The van der Waals surface area contributed by atoms with Gasteiger partial charge < -0.3 is 10.4 Å². The van der Waals surface area contributed by atoms with Gasteiger partial charge in [0.25, 0.3) is 0 Å². The zero-order chi connectivity index (χ0) is 9.80. The number of hydrogen-bond donors (Lipinski definition) is 2. The van der Waals surface area contributed by atoms with E-state index in [9.17, 15) is 0 Å². The zero-order valence-corrected chi connectivity index (χ0v) is 8.91. The van der Waals surface area contributed by atoms with Crippen LogP contribution < -0.4 is 5.32 Å². The van der Waals surface area contributed by atoms with E-state index < -0.39 is 0 Å². The Morgan fingerprint density at radius 1 is 1.21 bits per heavy atom. The van der Waals surface area contributed by atoms with Crippen LogP contribution in [0.5, 0.6) is 0 Å². The highest BCUT2D eigenvalue weighted by molar-refractivity contribution is 4.83. The van der Waals surface area contributed by atoms with Gasteiger partial charge in [-0.05, 0) is 51.2 Å². The van der Waals surface area contributed by atoms with E-state index in [4.69, 9.17) is 5.11 Å². The monoisotopic (exact) mass is 198 g/mol. The summed E-state index contributed by atoms with van der Waals surface area (Å²) in [4.78, 5) is 2.59. The summed E-state index contributed by atoms with van der Waals surface area (Å²) in [5.41, 5.74) is 0. The van der Waals surface area contributed by atoms with Gasteiger partial charge in [-0.15, -0.1) is 0 Å². The third-order valence-corrected chi connectivity index (χ3v) is 3.64. The fraction of sp³-hybridized carbons (Fsp3) is 1.00. The molecule has 0 aromatic heterocycles. The van der Waals surface area contributed by atoms with Crippen molar-refractivity contribution in [1.82, 2.24) is 10.2 Å². The Hall–Kier alpha value is -0.120. The molecule has 0 amide bonds. The van der Waals surface area contributed by atoms with Gasteiger partial charge in [0.1, 0.15) is 0 Å². The van der Waals surface area contributed by atoms with Crippen molar-refractivity contribution in [3.05, 3.63) is 0 Å². The van der Waals surface area contributed by atoms with Gasteiger partial charge in [-0.1, -0.05) is 0 Å². The van der Waals surface area contributed by atoms with Crippen molar-refractivity contribution in [3.8, 4) is 0 Å². The molecule has 14 heavy (non-hydrogen) atoms. The highest BCUT2D eigenvalue weighted by Crippen LogP contribution is 2.22. The number of rotatable bonds is 2. The van der Waals surface area contributed by atoms with E-state index in [1.54, 1.807) is 0 Å². The van der Waals surface area contributed by atoms with Crippen molar-refractivity contribution in [1.29, 1.82) is 0 Å². The summed E-state index contributed by atoms with van der Waals surface area (Å²) in [5.74, 6) is 0.547. The topological polar surface area (TPSA) is 35.5 Å². The molecule has 3 heteroatoms. The van der Waals surface area contributed by atoms with Gasteiger partial charge in [0.15, 0.2) is 0 Å². The predicted molar refractivity (Wildman–Crippen MR) is 57.3 cm³/mol. The predicted octanol–water partition coefficient (Wildman–Crippen LogP) is 0.443. The average Bonchev–Trinajstić information content (AvgIpc) is 2.53. The van der Waals surface area contributed by atoms with Gasteiger partial charge in [-0.3, -0.25) is 4.90 Å². The fourth-order valence-corrected chi connectivity index (χ4v) is 2.71. The summed E-state index contributed by atoms with van der Waals surface area (Å²) in [5, 5.41) is 12.5. The lowest BCUT2D eigenvalue weighted by Gasteiger charge is -2.26. The fourth-order valence-electron chi connectivity index (χ4n) is 2.71. The second kappa shape index (κ2) is 5.10. The van der Waals surface area contributed by atoms with Crippen molar-refractivity contribution < 1.29 is 5.11 Å². The van der Waals surface area contributed by atoms with E-state index in [1.165, 1.54) is 45.3 Å². The van der Waals surface area contributed by atoms with Crippen molar-refractivity contribution in [2.24, 2.45) is 5.92 Å². The lowest BCUT2D eigenvalue weighted by atomic mass is 10.1. The van der Waals surface area contributed by atoms with Crippen molar-refractivity contribution >= 4 is 0 Å². The summed E-state index contributed by atoms with van der Waals surface area (Å²) in [6, 6.07) is 0.779. The van der Waals surface area contributed by atoms with E-state index >= 15 is 0 Å². The quantitative estimate of drug-likeness (QED) is 0.676. The number of nitrogens with one attached hydrogen (secondary N) is 1. The maximum atomic E-state index is 9.10. The SMILES string of the molecule is OCC1CCN(C2CCCNCC2)C1. The molecule has 0 aromatic rings. The second-order valence-corrected chi connectivity index (χ2v) is 4.67. The summed E-state index contributed by atoms with van der Waals surface area (Å²) in [6.45, 7) is 5.07. The molecule has 2 aliphatic heterocycles. The molecule has 0 spiro atoms. The average molecular weight is 198 g/mol. The molecule has 0 aromatic carbocycles. The van der Waals surface area contributed by atoms with Crippen molar-refractivity contribution in [2.75, 3.05) is 32.8 Å². The first-order chi connectivity index (χ1) is 6.90. The molecule has 2 saturated heterocycles. The Balaban J connectivity index is 1.82. The number of aliphatic hydroxyl groups excluding tert-OH is 1. The molecular formula is C11H22N2O. The summed E-state index contributed by atoms with van der Waals surface area (Å²) >= 11 is 0. The van der Waals surface area contributed by atoms with Crippen LogP contribution in [0.4, 0.5) is 0 Å². The van der Waals surface area contributed by atoms with E-state index in [-0.39, 0.29) is 0 Å². The molecule has 2 heterocycles. The Bertz CT molecular complexity index is 167. The Labute approximate surface area is 86.5 Å². The van der Waals surface area contributed by atoms with Crippen LogP contribution in [0.1, 0.15) is 25.7 Å².